The Labute approximate surface area is 141 Å². The number of nitrogens with one attached hydrogen (secondary N) is 2. The van der Waals surface area contributed by atoms with Crippen LogP contribution in [0.25, 0.3) is 0 Å². The summed E-state index contributed by atoms with van der Waals surface area (Å²) in [5, 5.41) is 4.88. The molecule has 1 unspecified atom stereocenters. The van der Waals surface area contributed by atoms with E-state index in [1.165, 1.54) is 13.2 Å². The van der Waals surface area contributed by atoms with Gasteiger partial charge >= 0.3 is 12.1 Å². The molecule has 1 aromatic heterocycles. The van der Waals surface area contributed by atoms with Gasteiger partial charge in [0.05, 0.1) is 12.8 Å². The molecule has 0 saturated carbocycles. The largest absolute Gasteiger partial charge is 0.471 e. The molecule has 1 aromatic rings. The van der Waals surface area contributed by atoms with Crippen molar-refractivity contribution in [2.24, 2.45) is 0 Å². The van der Waals surface area contributed by atoms with Gasteiger partial charge in [-0.05, 0) is 31.9 Å². The molecule has 0 spiro atoms. The molecule has 0 radical (unpaired) electrons. The fourth-order valence-corrected chi connectivity index (χ4v) is 2.56. The minimum Gasteiger partial charge on any atom is -0.467 e. The Morgan fingerprint density at radius 1 is 1.40 bits per heavy atom. The van der Waals surface area contributed by atoms with Crippen LogP contribution in [0.5, 0.6) is 0 Å². The maximum atomic E-state index is 12.6. The molecule has 0 bridgehead atoms. The van der Waals surface area contributed by atoms with Crippen molar-refractivity contribution in [3.8, 4) is 0 Å². The molecule has 1 saturated heterocycles. The fraction of sp³-hybridized carbons (Fsp3) is 0.533. The molecule has 2 N–H and O–H groups in total. The highest BCUT2D eigenvalue weighted by molar-refractivity contribution is 5.93. The molecule has 0 aliphatic carbocycles. The van der Waals surface area contributed by atoms with Crippen molar-refractivity contribution >= 4 is 17.7 Å². The van der Waals surface area contributed by atoms with Crippen LogP contribution in [0.2, 0.25) is 0 Å². The second kappa shape index (κ2) is 7.58. The zero-order chi connectivity index (χ0) is 18.6. The van der Waals surface area contributed by atoms with Crippen LogP contribution >= 0.6 is 0 Å². The molecule has 3 amide bonds. The molecule has 2 heterocycles. The van der Waals surface area contributed by atoms with E-state index in [-0.39, 0.29) is 19.5 Å². The summed E-state index contributed by atoms with van der Waals surface area (Å²) in [4.78, 5) is 36.0. The third-order valence-corrected chi connectivity index (χ3v) is 3.83. The standard InChI is InChI=1S/C15H18F3N3O4/c1-9(12(22)19-8-10-4-3-7-25-10)20-13(23)11-5-2-6-21(11)14(24)15(16,17)18/h3-4,7,9,11H,2,5-6,8H2,1H3,(H,19,22)(H,20,23)/t9-,11?/m1/s1. The molecule has 2 rings (SSSR count). The van der Waals surface area contributed by atoms with Crippen molar-refractivity contribution in [3.05, 3.63) is 24.2 Å². The van der Waals surface area contributed by atoms with Gasteiger partial charge < -0.3 is 20.0 Å². The average molecular weight is 361 g/mol. The van der Waals surface area contributed by atoms with Gasteiger partial charge in [-0.25, -0.2) is 0 Å². The van der Waals surface area contributed by atoms with Gasteiger partial charge in [0.15, 0.2) is 0 Å². The smallest absolute Gasteiger partial charge is 0.467 e. The quantitative estimate of drug-likeness (QED) is 0.817. The van der Waals surface area contributed by atoms with Crippen LogP contribution in [-0.2, 0) is 20.9 Å². The lowest BCUT2D eigenvalue weighted by molar-refractivity contribution is -0.186. The number of nitrogens with zero attached hydrogens (tertiary/aromatic N) is 1. The van der Waals surface area contributed by atoms with Crippen LogP contribution in [0.15, 0.2) is 22.8 Å². The zero-order valence-electron chi connectivity index (χ0n) is 13.4. The van der Waals surface area contributed by atoms with E-state index in [0.717, 1.165) is 0 Å². The van der Waals surface area contributed by atoms with Gasteiger partial charge in [0.1, 0.15) is 17.8 Å². The maximum Gasteiger partial charge on any atom is 0.471 e. The summed E-state index contributed by atoms with van der Waals surface area (Å²) in [6, 6.07) is 1.11. The van der Waals surface area contributed by atoms with Crippen LogP contribution in [0.3, 0.4) is 0 Å². The Balaban J connectivity index is 1.89. The number of furan rings is 1. The number of halogens is 3. The first-order valence-corrected chi connectivity index (χ1v) is 7.68. The van der Waals surface area contributed by atoms with E-state index in [2.05, 4.69) is 10.6 Å². The normalized spacial score (nSPS) is 18.7. The second-order valence-electron chi connectivity index (χ2n) is 5.68. The lowest BCUT2D eigenvalue weighted by atomic mass is 10.2. The number of carbonyl (C=O) groups excluding carboxylic acids is 3. The van der Waals surface area contributed by atoms with Crippen molar-refractivity contribution < 1.29 is 32.0 Å². The van der Waals surface area contributed by atoms with Crippen LogP contribution in [0, 0.1) is 0 Å². The maximum absolute atomic E-state index is 12.6. The first-order chi connectivity index (χ1) is 11.7. The Hall–Kier alpha value is -2.52. The topological polar surface area (TPSA) is 91.7 Å². The molecule has 10 heteroatoms. The lowest BCUT2D eigenvalue weighted by Gasteiger charge is -2.25. The number of hydrogen-bond acceptors (Lipinski definition) is 4. The van der Waals surface area contributed by atoms with Gasteiger partial charge in [0.25, 0.3) is 0 Å². The van der Waals surface area contributed by atoms with E-state index in [1.54, 1.807) is 12.1 Å². The van der Waals surface area contributed by atoms with E-state index in [9.17, 15) is 27.6 Å². The van der Waals surface area contributed by atoms with Crippen molar-refractivity contribution in [3.63, 3.8) is 0 Å². The predicted molar refractivity (Wildman–Crippen MR) is 78.9 cm³/mol. The molecule has 1 aliphatic rings. The summed E-state index contributed by atoms with van der Waals surface area (Å²) in [5.41, 5.74) is 0. The minimum atomic E-state index is -5.03. The zero-order valence-corrected chi connectivity index (χ0v) is 13.4. The number of rotatable bonds is 5. The molecule has 7 nitrogen and oxygen atoms in total. The minimum absolute atomic E-state index is 0.119. The third kappa shape index (κ3) is 4.74. The molecule has 1 aliphatic heterocycles. The fourth-order valence-electron chi connectivity index (χ4n) is 2.56. The van der Waals surface area contributed by atoms with Crippen LogP contribution < -0.4 is 10.6 Å². The highest BCUT2D eigenvalue weighted by Crippen LogP contribution is 2.25. The first kappa shape index (κ1) is 18.8. The van der Waals surface area contributed by atoms with Crippen molar-refractivity contribution in [1.82, 2.24) is 15.5 Å². The Bertz CT molecular complexity index is 630. The monoisotopic (exact) mass is 361 g/mol. The van der Waals surface area contributed by atoms with E-state index in [1.807, 2.05) is 0 Å². The third-order valence-electron chi connectivity index (χ3n) is 3.83. The van der Waals surface area contributed by atoms with Gasteiger partial charge in [-0.2, -0.15) is 13.2 Å². The molecular formula is C15H18F3N3O4. The van der Waals surface area contributed by atoms with Crippen LogP contribution in [-0.4, -0.2) is 47.4 Å². The van der Waals surface area contributed by atoms with Gasteiger partial charge in [0, 0.05) is 6.54 Å². The summed E-state index contributed by atoms with van der Waals surface area (Å²) < 4.78 is 42.7. The number of likely N-dealkylation sites (tertiary alicyclic amines) is 1. The SMILES string of the molecule is C[C@@H](NC(=O)C1CCCN1C(=O)C(F)(F)F)C(=O)NCc1ccco1. The van der Waals surface area contributed by atoms with Gasteiger partial charge in [0.2, 0.25) is 11.8 Å². The van der Waals surface area contributed by atoms with Gasteiger partial charge in [-0.1, -0.05) is 0 Å². The molecular weight excluding hydrogens is 343 g/mol. The van der Waals surface area contributed by atoms with Gasteiger partial charge in [-0.15, -0.1) is 0 Å². The Morgan fingerprint density at radius 3 is 2.72 bits per heavy atom. The van der Waals surface area contributed by atoms with Crippen LogP contribution in [0.4, 0.5) is 13.2 Å². The summed E-state index contributed by atoms with van der Waals surface area (Å²) in [6.45, 7) is 1.38. The van der Waals surface area contributed by atoms with E-state index >= 15 is 0 Å². The van der Waals surface area contributed by atoms with E-state index in [4.69, 9.17) is 4.42 Å². The van der Waals surface area contributed by atoms with E-state index in [0.29, 0.717) is 17.1 Å². The van der Waals surface area contributed by atoms with Crippen LogP contribution in [0.1, 0.15) is 25.5 Å². The molecule has 25 heavy (non-hydrogen) atoms. The summed E-state index contributed by atoms with van der Waals surface area (Å²) in [5.74, 6) is -2.82. The molecule has 0 aromatic carbocycles. The highest BCUT2D eigenvalue weighted by Gasteiger charge is 2.47. The number of amides is 3. The van der Waals surface area contributed by atoms with Crippen molar-refractivity contribution in [2.75, 3.05) is 6.54 Å². The number of carbonyl (C=O) groups is 3. The first-order valence-electron chi connectivity index (χ1n) is 7.68. The summed E-state index contributed by atoms with van der Waals surface area (Å²) in [7, 11) is 0. The van der Waals surface area contributed by atoms with Gasteiger partial charge in [-0.3, -0.25) is 14.4 Å². The molecule has 138 valence electrons. The lowest BCUT2D eigenvalue weighted by Crippen LogP contribution is -2.53. The Kier molecular flexibility index (Phi) is 5.70. The number of alkyl halides is 3. The Morgan fingerprint density at radius 2 is 2.12 bits per heavy atom. The highest BCUT2D eigenvalue weighted by atomic mass is 19.4. The second-order valence-corrected chi connectivity index (χ2v) is 5.68. The van der Waals surface area contributed by atoms with E-state index < -0.39 is 36.0 Å². The predicted octanol–water partition coefficient (Wildman–Crippen LogP) is 0.954. The summed E-state index contributed by atoms with van der Waals surface area (Å²) >= 11 is 0. The average Bonchev–Trinajstić information content (AvgIpc) is 3.21. The number of hydrogen-bond donors (Lipinski definition) is 2. The molecule has 1 fully saturated rings. The van der Waals surface area contributed by atoms with Crippen molar-refractivity contribution in [1.29, 1.82) is 0 Å². The molecule has 2 atom stereocenters. The van der Waals surface area contributed by atoms with Crippen molar-refractivity contribution in [2.45, 2.75) is 44.6 Å². The summed E-state index contributed by atoms with van der Waals surface area (Å²) in [6.07, 6.45) is -3.18.